The van der Waals surface area contributed by atoms with E-state index in [1.54, 1.807) is 25.1 Å². The van der Waals surface area contributed by atoms with E-state index >= 15 is 17.6 Å². The summed E-state index contributed by atoms with van der Waals surface area (Å²) in [5.41, 5.74) is 7.73. The molecular formula is C47H56F4N2S. The lowest BCUT2D eigenvalue weighted by molar-refractivity contribution is 0.0360. The van der Waals surface area contributed by atoms with Crippen molar-refractivity contribution in [2.24, 2.45) is 0 Å². The number of aryl methyl sites for hydroxylation is 1. The average molecular weight is 757 g/mol. The van der Waals surface area contributed by atoms with Crippen LogP contribution in [0.25, 0.3) is 6.08 Å². The van der Waals surface area contributed by atoms with Gasteiger partial charge in [0.2, 0.25) is 0 Å². The van der Waals surface area contributed by atoms with Crippen molar-refractivity contribution in [1.82, 2.24) is 4.31 Å². The van der Waals surface area contributed by atoms with Gasteiger partial charge in [0.15, 0.2) is 0 Å². The quantitative estimate of drug-likeness (QED) is 0.118. The van der Waals surface area contributed by atoms with Crippen molar-refractivity contribution in [1.29, 1.82) is 0 Å². The number of hydrogen-bond donors (Lipinski definition) is 0. The van der Waals surface area contributed by atoms with Crippen molar-refractivity contribution >= 4 is 23.7 Å². The molecule has 0 spiro atoms. The molecule has 1 aliphatic heterocycles. The standard InChI is InChI=1S/C45H50F4N2S.C2H6/c1-10-13-34-20-31(11-2)16-19-40(34)51(25-32-21-35(33-17-18-33)23-36(22-32)44(7,8)9)27(3)24-50-26-37-38(14-12-15-39(37)46)45(48,49)41-29(5)28(4)30(6)42(47)43(41)52-50;1-2/h11-12,14-16,19-23,33H,2-3,10,13,17-18,24-26H2,1,4-9H3;1-2H3. The second-order valence-corrected chi connectivity index (χ2v) is 16.7. The van der Waals surface area contributed by atoms with E-state index in [1.165, 1.54) is 42.2 Å². The second-order valence-electron chi connectivity index (χ2n) is 15.6. The Morgan fingerprint density at radius 1 is 0.981 bits per heavy atom. The third kappa shape index (κ3) is 8.38. The predicted octanol–water partition coefficient (Wildman–Crippen LogP) is 13.9. The lowest BCUT2D eigenvalue weighted by atomic mass is 9.84. The highest BCUT2D eigenvalue weighted by Crippen LogP contribution is 2.50. The lowest BCUT2D eigenvalue weighted by Gasteiger charge is -2.36. The van der Waals surface area contributed by atoms with Crippen LogP contribution in [0.4, 0.5) is 23.2 Å². The smallest absolute Gasteiger partial charge is 0.300 e. The summed E-state index contributed by atoms with van der Waals surface area (Å²) >= 11 is 0.929. The Kier molecular flexibility index (Phi) is 12.6. The van der Waals surface area contributed by atoms with Crippen LogP contribution in [-0.4, -0.2) is 10.8 Å². The molecule has 2 aliphatic rings. The van der Waals surface area contributed by atoms with E-state index in [2.05, 4.69) is 76.1 Å². The fourth-order valence-electron chi connectivity index (χ4n) is 7.32. The van der Waals surface area contributed by atoms with Gasteiger partial charge in [-0.3, -0.25) is 0 Å². The van der Waals surface area contributed by atoms with E-state index in [4.69, 9.17) is 0 Å². The normalized spacial score (nSPS) is 15.3. The van der Waals surface area contributed by atoms with Crippen molar-refractivity contribution < 1.29 is 17.6 Å². The molecule has 1 saturated carbocycles. The fourth-order valence-corrected chi connectivity index (χ4v) is 8.59. The summed E-state index contributed by atoms with van der Waals surface area (Å²) in [4.78, 5) is 2.07. The molecule has 1 fully saturated rings. The highest BCUT2D eigenvalue weighted by molar-refractivity contribution is 7.97. The summed E-state index contributed by atoms with van der Waals surface area (Å²) in [7, 11) is 0. The Labute approximate surface area is 325 Å². The van der Waals surface area contributed by atoms with Crippen LogP contribution in [0.15, 0.2) is 78.3 Å². The van der Waals surface area contributed by atoms with Crippen LogP contribution in [0, 0.1) is 32.4 Å². The molecule has 0 saturated heterocycles. The third-order valence-corrected chi connectivity index (χ3v) is 11.8. The monoisotopic (exact) mass is 756 g/mol. The minimum absolute atomic E-state index is 0.0483. The van der Waals surface area contributed by atoms with Crippen molar-refractivity contribution in [3.05, 3.63) is 146 Å². The Balaban J connectivity index is 0.00000276. The fraction of sp³-hybridized carbons (Fsp3) is 0.404. The van der Waals surface area contributed by atoms with E-state index in [0.717, 1.165) is 47.2 Å². The van der Waals surface area contributed by atoms with Gasteiger partial charge in [-0.25, -0.2) is 13.1 Å². The maximum absolute atomic E-state index is 16.5. The number of halogens is 4. The van der Waals surface area contributed by atoms with Gasteiger partial charge < -0.3 is 4.90 Å². The molecule has 0 atom stereocenters. The first kappa shape index (κ1) is 41.4. The predicted molar refractivity (Wildman–Crippen MR) is 221 cm³/mol. The number of rotatable bonds is 10. The minimum Gasteiger partial charge on any atom is -0.340 e. The number of benzene rings is 4. The van der Waals surface area contributed by atoms with Gasteiger partial charge in [0.25, 0.3) is 5.92 Å². The number of nitrogens with zero attached hydrogens (tertiary/aromatic N) is 2. The van der Waals surface area contributed by atoms with E-state index < -0.39 is 28.7 Å². The maximum Gasteiger partial charge on any atom is 0.300 e. The van der Waals surface area contributed by atoms with Crippen LogP contribution in [0.2, 0.25) is 0 Å². The third-order valence-electron chi connectivity index (χ3n) is 10.7. The summed E-state index contributed by atoms with van der Waals surface area (Å²) in [6.45, 7) is 26.8. The highest BCUT2D eigenvalue weighted by Gasteiger charge is 2.44. The number of anilines is 1. The van der Waals surface area contributed by atoms with Gasteiger partial charge in [-0.1, -0.05) is 104 Å². The molecular weight excluding hydrogens is 701 g/mol. The summed E-state index contributed by atoms with van der Waals surface area (Å²) in [5.74, 6) is -4.42. The van der Waals surface area contributed by atoms with Gasteiger partial charge in [-0.2, -0.15) is 8.78 Å². The number of alkyl halides is 2. The molecule has 0 bridgehead atoms. The molecule has 0 N–H and O–H groups in total. The summed E-state index contributed by atoms with van der Waals surface area (Å²) in [6.07, 6.45) is 5.98. The Morgan fingerprint density at radius 3 is 2.31 bits per heavy atom. The molecule has 0 radical (unpaired) electrons. The minimum atomic E-state index is -3.60. The summed E-state index contributed by atoms with van der Waals surface area (Å²) in [5, 5.41) is 0. The first-order valence-corrected chi connectivity index (χ1v) is 20.1. The number of fused-ring (bicyclic) bond motifs is 2. The van der Waals surface area contributed by atoms with Crippen molar-refractivity contribution in [3.63, 3.8) is 0 Å². The zero-order valence-electron chi connectivity index (χ0n) is 33.5. The van der Waals surface area contributed by atoms with Crippen LogP contribution in [0.1, 0.15) is 128 Å². The second kappa shape index (κ2) is 16.5. The van der Waals surface area contributed by atoms with E-state index in [9.17, 15) is 0 Å². The Morgan fingerprint density at radius 2 is 1.69 bits per heavy atom. The lowest BCUT2D eigenvalue weighted by Crippen LogP contribution is -2.33. The van der Waals surface area contributed by atoms with Gasteiger partial charge in [0.05, 0.1) is 4.90 Å². The molecule has 1 aliphatic carbocycles. The van der Waals surface area contributed by atoms with Crippen LogP contribution in [0.3, 0.4) is 0 Å². The van der Waals surface area contributed by atoms with E-state index in [-0.39, 0.29) is 29.0 Å². The topological polar surface area (TPSA) is 6.48 Å². The van der Waals surface area contributed by atoms with Crippen molar-refractivity contribution in [2.75, 3.05) is 11.4 Å². The van der Waals surface area contributed by atoms with Crippen molar-refractivity contribution in [2.45, 2.75) is 123 Å². The number of hydrogen-bond acceptors (Lipinski definition) is 3. The van der Waals surface area contributed by atoms with Gasteiger partial charge in [0.1, 0.15) is 11.6 Å². The molecule has 54 heavy (non-hydrogen) atoms. The van der Waals surface area contributed by atoms with E-state index in [0.29, 0.717) is 34.9 Å². The van der Waals surface area contributed by atoms with Crippen LogP contribution in [0.5, 0.6) is 0 Å². The zero-order chi connectivity index (χ0) is 39.7. The highest BCUT2D eigenvalue weighted by atomic mass is 32.2. The Hall–Kier alpha value is -3.81. The van der Waals surface area contributed by atoms with Gasteiger partial charge >= 0.3 is 0 Å². The van der Waals surface area contributed by atoms with Crippen LogP contribution >= 0.6 is 11.9 Å². The molecule has 4 aromatic carbocycles. The molecule has 0 amide bonds. The van der Waals surface area contributed by atoms with Crippen LogP contribution in [-0.2, 0) is 30.8 Å². The van der Waals surface area contributed by atoms with Gasteiger partial charge in [0, 0.05) is 47.7 Å². The first-order valence-electron chi connectivity index (χ1n) is 19.3. The largest absolute Gasteiger partial charge is 0.340 e. The summed E-state index contributed by atoms with van der Waals surface area (Å²) < 4.78 is 66.7. The molecule has 4 aromatic rings. The van der Waals surface area contributed by atoms with Crippen LogP contribution < -0.4 is 4.90 Å². The molecule has 6 rings (SSSR count). The molecule has 288 valence electrons. The zero-order valence-corrected chi connectivity index (χ0v) is 34.3. The first-order chi connectivity index (χ1) is 25.5. The van der Waals surface area contributed by atoms with Gasteiger partial charge in [-0.05, 0) is 126 Å². The molecule has 7 heteroatoms. The molecule has 0 aromatic heterocycles. The molecule has 0 unspecified atom stereocenters. The Bertz CT molecular complexity index is 2040. The maximum atomic E-state index is 16.5. The molecule has 1 heterocycles. The SMILES string of the molecule is C=Cc1ccc(N(Cc2cc(C3CC3)cc(C(C)(C)C)c2)C(=C)CN2Cc3c(F)cccc3C(F)(F)c3c(C)c(C)c(C)c(F)c3S2)c(CCC)c1.CC. The summed E-state index contributed by atoms with van der Waals surface area (Å²) in [6, 6.07) is 17.0. The van der Waals surface area contributed by atoms with Gasteiger partial charge in [-0.15, -0.1) is 0 Å². The van der Waals surface area contributed by atoms with Crippen molar-refractivity contribution in [3.8, 4) is 0 Å². The van der Waals surface area contributed by atoms with E-state index in [1.807, 2.05) is 26.0 Å². The average Bonchev–Trinajstić information content (AvgIpc) is 3.99. The molecule has 2 nitrogen and oxygen atoms in total.